The molecule has 0 amide bonds. The molecule has 0 radical (unpaired) electrons. The number of hydrogen-bond acceptors (Lipinski definition) is 8. The molecule has 1 unspecified atom stereocenters. The lowest BCUT2D eigenvalue weighted by Gasteiger charge is -2.29. The summed E-state index contributed by atoms with van der Waals surface area (Å²) in [6.07, 6.45) is -3.87. The van der Waals surface area contributed by atoms with Crippen molar-refractivity contribution in [2.75, 3.05) is 11.9 Å². The Balaban J connectivity index is 2.00. The Morgan fingerprint density at radius 2 is 2.33 bits per heavy atom. The molecule has 116 valence electrons. The van der Waals surface area contributed by atoms with Crippen LogP contribution < -0.4 is 11.1 Å². The Labute approximate surface area is 118 Å². The summed E-state index contributed by atoms with van der Waals surface area (Å²) >= 11 is 0. The van der Waals surface area contributed by atoms with Crippen molar-refractivity contribution < 1.29 is 24.4 Å². The molecule has 0 saturated carbocycles. The second-order valence-corrected chi connectivity index (χ2v) is 5.26. The van der Waals surface area contributed by atoms with Gasteiger partial charge in [-0.2, -0.15) is 4.39 Å². The minimum absolute atomic E-state index is 0.186. The van der Waals surface area contributed by atoms with Crippen molar-refractivity contribution in [3.8, 4) is 0 Å². The summed E-state index contributed by atoms with van der Waals surface area (Å²) in [5.74, 6) is 0.186. The fourth-order valence-electron chi connectivity index (χ4n) is 2.60. The molecule has 9 nitrogen and oxygen atoms in total. The van der Waals surface area contributed by atoms with Crippen LogP contribution in [0.3, 0.4) is 0 Å². The minimum Gasteiger partial charge on any atom is -0.394 e. The number of hydrogen-bond donors (Lipinski definition) is 5. The standard InChI is InChI=1S/C11H16FN5O4/c1-11(20)6(19)4(2-18)21-9(11)17-3-14-5-7(13)15-10(12)16-8(5)17/h3-4,6-7,9,18-20H,2,13H2,1H3,(H,15,16)/t4-,6-,7?,9+,11+/m1/s1. The summed E-state index contributed by atoms with van der Waals surface area (Å²) in [5, 5.41) is 31.9. The second-order valence-electron chi connectivity index (χ2n) is 5.26. The summed E-state index contributed by atoms with van der Waals surface area (Å²) in [5.41, 5.74) is 4.25. The maximum Gasteiger partial charge on any atom is 0.285 e. The number of imidazole rings is 1. The first-order valence-electron chi connectivity index (χ1n) is 6.35. The molecule has 0 aromatic carbocycles. The fourth-order valence-corrected chi connectivity index (χ4v) is 2.60. The molecule has 3 heterocycles. The van der Waals surface area contributed by atoms with Crippen molar-refractivity contribution in [3.05, 3.63) is 12.0 Å². The number of aliphatic hydroxyl groups is 3. The normalized spacial score (nSPS) is 38.9. The van der Waals surface area contributed by atoms with E-state index in [4.69, 9.17) is 10.5 Å². The summed E-state index contributed by atoms with van der Waals surface area (Å²) in [6.45, 7) is 0.894. The number of halogens is 1. The molecule has 1 aromatic heterocycles. The third kappa shape index (κ3) is 2.03. The summed E-state index contributed by atoms with van der Waals surface area (Å²) in [4.78, 5) is 7.52. The average molecular weight is 301 g/mol. The highest BCUT2D eigenvalue weighted by Crippen LogP contribution is 2.41. The number of anilines is 1. The molecule has 2 aliphatic heterocycles. The van der Waals surface area contributed by atoms with Gasteiger partial charge in [-0.05, 0) is 6.92 Å². The van der Waals surface area contributed by atoms with Gasteiger partial charge >= 0.3 is 0 Å². The predicted octanol–water partition coefficient (Wildman–Crippen LogP) is -1.41. The fraction of sp³-hybridized carbons (Fsp3) is 0.636. The van der Waals surface area contributed by atoms with Crippen molar-refractivity contribution in [1.82, 2.24) is 9.55 Å². The molecule has 6 N–H and O–H groups in total. The van der Waals surface area contributed by atoms with E-state index in [1.807, 2.05) is 0 Å². The zero-order valence-corrected chi connectivity index (χ0v) is 11.1. The van der Waals surface area contributed by atoms with Crippen molar-refractivity contribution in [2.24, 2.45) is 10.7 Å². The molecule has 0 aliphatic carbocycles. The third-order valence-corrected chi connectivity index (χ3v) is 3.76. The zero-order valence-electron chi connectivity index (χ0n) is 11.1. The highest BCUT2D eigenvalue weighted by atomic mass is 19.1. The van der Waals surface area contributed by atoms with E-state index in [0.29, 0.717) is 0 Å². The molecule has 5 atom stereocenters. The first kappa shape index (κ1) is 14.4. The minimum atomic E-state index is -1.70. The number of aliphatic hydroxyl groups excluding tert-OH is 2. The van der Waals surface area contributed by atoms with Crippen LogP contribution in [-0.4, -0.2) is 55.4 Å². The topological polar surface area (TPSA) is 138 Å². The lowest BCUT2D eigenvalue weighted by atomic mass is 9.96. The van der Waals surface area contributed by atoms with Gasteiger partial charge < -0.3 is 31.1 Å². The number of aromatic nitrogens is 2. The van der Waals surface area contributed by atoms with Crippen LogP contribution >= 0.6 is 0 Å². The maximum atomic E-state index is 13.4. The van der Waals surface area contributed by atoms with Gasteiger partial charge in [-0.15, -0.1) is 0 Å². The number of rotatable bonds is 2. The van der Waals surface area contributed by atoms with Crippen molar-refractivity contribution >= 4 is 11.9 Å². The molecule has 2 aliphatic rings. The smallest absolute Gasteiger partial charge is 0.285 e. The number of ether oxygens (including phenoxy) is 1. The van der Waals surface area contributed by atoms with E-state index in [2.05, 4.69) is 15.3 Å². The summed E-state index contributed by atoms with van der Waals surface area (Å²) in [6, 6.07) is 0. The molecule has 1 aromatic rings. The van der Waals surface area contributed by atoms with Gasteiger partial charge in [-0.25, -0.2) is 9.98 Å². The van der Waals surface area contributed by atoms with E-state index in [1.54, 1.807) is 0 Å². The second kappa shape index (κ2) is 4.71. The molecule has 0 spiro atoms. The Hall–Kier alpha value is -1.59. The molecule has 10 heteroatoms. The van der Waals surface area contributed by atoms with Gasteiger partial charge in [0.2, 0.25) is 0 Å². The van der Waals surface area contributed by atoms with Crippen molar-refractivity contribution in [3.63, 3.8) is 0 Å². The highest BCUT2D eigenvalue weighted by Gasteiger charge is 2.53. The van der Waals surface area contributed by atoms with E-state index >= 15 is 0 Å². The van der Waals surface area contributed by atoms with E-state index < -0.39 is 42.9 Å². The molecule has 1 fully saturated rings. The van der Waals surface area contributed by atoms with Crippen LogP contribution in [0.25, 0.3) is 0 Å². The van der Waals surface area contributed by atoms with E-state index in [9.17, 15) is 19.7 Å². The molecular weight excluding hydrogens is 285 g/mol. The number of fused-ring (bicyclic) bond motifs is 1. The Kier molecular flexibility index (Phi) is 3.22. The van der Waals surface area contributed by atoms with Crippen molar-refractivity contribution in [1.29, 1.82) is 0 Å². The average Bonchev–Trinajstić information content (AvgIpc) is 2.91. The quantitative estimate of drug-likeness (QED) is 0.423. The van der Waals surface area contributed by atoms with E-state index in [1.165, 1.54) is 17.8 Å². The van der Waals surface area contributed by atoms with Crippen LogP contribution in [0.4, 0.5) is 10.2 Å². The zero-order chi connectivity index (χ0) is 15.4. The first-order valence-corrected chi connectivity index (χ1v) is 6.35. The molecular formula is C11H16FN5O4. The summed E-state index contributed by atoms with van der Waals surface area (Å²) in [7, 11) is 0. The Morgan fingerprint density at radius 1 is 1.62 bits per heavy atom. The SMILES string of the molecule is C[C@]1(O)[C@H](O)[C@@H](CO)O[C@@H]1n1cnc2c1NC(F)=NC2N. The highest BCUT2D eigenvalue weighted by molar-refractivity contribution is 5.89. The Morgan fingerprint density at radius 3 is 2.95 bits per heavy atom. The number of aliphatic imine (C=N–C) groups is 1. The van der Waals surface area contributed by atoms with E-state index in [0.717, 1.165) is 0 Å². The van der Waals surface area contributed by atoms with Crippen molar-refractivity contribution in [2.45, 2.75) is 37.1 Å². The monoisotopic (exact) mass is 301 g/mol. The predicted molar refractivity (Wildman–Crippen MR) is 68.9 cm³/mol. The molecule has 0 bridgehead atoms. The lowest BCUT2D eigenvalue weighted by Crippen LogP contribution is -2.44. The van der Waals surface area contributed by atoms with Gasteiger partial charge in [0.1, 0.15) is 35.5 Å². The van der Waals surface area contributed by atoms with Gasteiger partial charge in [0, 0.05) is 0 Å². The number of nitrogens with one attached hydrogen (secondary N) is 1. The molecule has 21 heavy (non-hydrogen) atoms. The van der Waals surface area contributed by atoms with Gasteiger partial charge in [0.05, 0.1) is 12.9 Å². The van der Waals surface area contributed by atoms with Crippen LogP contribution in [0.5, 0.6) is 0 Å². The summed E-state index contributed by atoms with van der Waals surface area (Å²) < 4.78 is 20.2. The van der Waals surface area contributed by atoms with Gasteiger partial charge in [-0.1, -0.05) is 0 Å². The Bertz CT molecular complexity index is 589. The largest absolute Gasteiger partial charge is 0.394 e. The molecule has 3 rings (SSSR count). The van der Waals surface area contributed by atoms with Crippen LogP contribution in [0.15, 0.2) is 11.3 Å². The van der Waals surface area contributed by atoms with Gasteiger partial charge in [0.15, 0.2) is 6.23 Å². The lowest BCUT2D eigenvalue weighted by molar-refractivity contribution is -0.0957. The van der Waals surface area contributed by atoms with Crippen LogP contribution in [0.1, 0.15) is 25.0 Å². The van der Waals surface area contributed by atoms with E-state index in [-0.39, 0.29) is 11.5 Å². The molecule has 1 saturated heterocycles. The number of amidine groups is 1. The van der Waals surface area contributed by atoms with Gasteiger partial charge in [-0.3, -0.25) is 4.57 Å². The van der Waals surface area contributed by atoms with Crippen LogP contribution in [0.2, 0.25) is 0 Å². The van der Waals surface area contributed by atoms with Gasteiger partial charge in [0.25, 0.3) is 6.09 Å². The third-order valence-electron chi connectivity index (χ3n) is 3.76. The number of nitrogens with two attached hydrogens (primary N) is 1. The van der Waals surface area contributed by atoms with Crippen LogP contribution in [0, 0.1) is 0 Å². The first-order chi connectivity index (χ1) is 9.86. The maximum absolute atomic E-state index is 13.4. The number of nitrogens with zero attached hydrogens (tertiary/aromatic N) is 3. The van der Waals surface area contributed by atoms with Crippen LogP contribution in [-0.2, 0) is 4.74 Å².